The maximum Gasteiger partial charge on any atom is 0.329 e. The molecule has 0 aromatic heterocycles. The maximum absolute atomic E-state index is 11.9. The van der Waals surface area contributed by atoms with Gasteiger partial charge in [-0.05, 0) is 12.1 Å². The third kappa shape index (κ3) is 3.35. The predicted octanol–water partition coefficient (Wildman–Crippen LogP) is 1.22. The lowest BCUT2D eigenvalue weighted by atomic mass is 10.2. The quantitative estimate of drug-likeness (QED) is 0.817. The van der Waals surface area contributed by atoms with Crippen LogP contribution in [0.1, 0.15) is 10.4 Å². The van der Waals surface area contributed by atoms with Crippen LogP contribution in [-0.2, 0) is 9.53 Å². The Labute approximate surface area is 114 Å². The number of nitrogens with one attached hydrogen (secondary N) is 1. The number of benzene rings is 1. The fourth-order valence-electron chi connectivity index (χ4n) is 1.30. The highest BCUT2D eigenvalue weighted by Gasteiger charge is 2.22. The van der Waals surface area contributed by atoms with Gasteiger partial charge in [-0.2, -0.15) is 0 Å². The van der Waals surface area contributed by atoms with Crippen LogP contribution in [-0.4, -0.2) is 31.6 Å². The van der Waals surface area contributed by atoms with Crippen molar-refractivity contribution >= 4 is 35.1 Å². The molecule has 0 spiro atoms. The van der Waals surface area contributed by atoms with Crippen molar-refractivity contribution in [1.82, 2.24) is 5.32 Å². The van der Waals surface area contributed by atoms with Gasteiger partial charge in [0, 0.05) is 6.54 Å². The standard InChI is InChI=1S/C11H12Cl2N2O3/c1-18-11(17)8(5-14)15-10(16)9-6(12)3-2-4-7(9)13/h2-4,8H,5,14H2,1H3,(H,15,16)/t8-/m1/s1. The van der Waals surface area contributed by atoms with Crippen LogP contribution in [0.4, 0.5) is 0 Å². The molecule has 0 aliphatic heterocycles. The Hall–Kier alpha value is -1.30. The molecule has 0 aliphatic rings. The maximum atomic E-state index is 11.9. The first-order valence-corrected chi connectivity index (χ1v) is 5.79. The summed E-state index contributed by atoms with van der Waals surface area (Å²) in [6.45, 7) is -0.0829. The van der Waals surface area contributed by atoms with E-state index in [-0.39, 0.29) is 22.2 Å². The molecule has 1 aromatic carbocycles. The molecular formula is C11H12Cl2N2O3. The Morgan fingerprint density at radius 1 is 1.39 bits per heavy atom. The summed E-state index contributed by atoms with van der Waals surface area (Å²) in [7, 11) is 1.21. The second-order valence-electron chi connectivity index (χ2n) is 3.38. The second kappa shape index (κ2) is 6.58. The zero-order valence-electron chi connectivity index (χ0n) is 9.57. The minimum atomic E-state index is -0.935. The Morgan fingerprint density at radius 2 is 1.94 bits per heavy atom. The van der Waals surface area contributed by atoms with Gasteiger partial charge in [-0.15, -0.1) is 0 Å². The van der Waals surface area contributed by atoms with E-state index in [9.17, 15) is 9.59 Å². The van der Waals surface area contributed by atoms with E-state index in [2.05, 4.69) is 10.1 Å². The highest BCUT2D eigenvalue weighted by molar-refractivity contribution is 6.39. The molecule has 0 aliphatic carbocycles. The molecule has 0 bridgehead atoms. The fraction of sp³-hybridized carbons (Fsp3) is 0.273. The molecule has 3 N–H and O–H groups in total. The number of amides is 1. The monoisotopic (exact) mass is 290 g/mol. The lowest BCUT2D eigenvalue weighted by molar-refractivity contribution is -0.142. The third-order valence-corrected chi connectivity index (χ3v) is 2.85. The molecule has 1 rings (SSSR count). The first-order valence-electron chi connectivity index (χ1n) is 5.04. The highest BCUT2D eigenvalue weighted by Crippen LogP contribution is 2.24. The Bertz CT molecular complexity index is 445. The number of hydrogen-bond acceptors (Lipinski definition) is 4. The van der Waals surface area contributed by atoms with Crippen LogP contribution < -0.4 is 11.1 Å². The lowest BCUT2D eigenvalue weighted by Crippen LogP contribution is -2.46. The molecule has 1 atom stereocenters. The number of carbonyl (C=O) groups excluding carboxylic acids is 2. The van der Waals surface area contributed by atoms with E-state index >= 15 is 0 Å². The zero-order chi connectivity index (χ0) is 13.7. The number of methoxy groups -OCH3 is 1. The number of hydrogen-bond donors (Lipinski definition) is 2. The Balaban J connectivity index is 2.91. The smallest absolute Gasteiger partial charge is 0.329 e. The Morgan fingerprint density at radius 3 is 2.39 bits per heavy atom. The van der Waals surface area contributed by atoms with Gasteiger partial charge in [0.1, 0.15) is 6.04 Å². The SMILES string of the molecule is COC(=O)[C@@H](CN)NC(=O)c1c(Cl)cccc1Cl. The molecule has 0 radical (unpaired) electrons. The van der Waals surface area contributed by atoms with E-state index in [1.807, 2.05) is 0 Å². The molecule has 0 saturated heterocycles. The van der Waals surface area contributed by atoms with Gasteiger partial charge in [0.15, 0.2) is 0 Å². The van der Waals surface area contributed by atoms with Crippen molar-refractivity contribution in [3.05, 3.63) is 33.8 Å². The van der Waals surface area contributed by atoms with Gasteiger partial charge < -0.3 is 15.8 Å². The number of esters is 1. The summed E-state index contributed by atoms with van der Waals surface area (Å²) in [5, 5.41) is 2.80. The van der Waals surface area contributed by atoms with Gasteiger partial charge in [-0.1, -0.05) is 29.3 Å². The fourth-order valence-corrected chi connectivity index (χ4v) is 1.87. The number of carbonyl (C=O) groups is 2. The third-order valence-electron chi connectivity index (χ3n) is 2.22. The predicted molar refractivity (Wildman–Crippen MR) is 68.8 cm³/mol. The molecule has 18 heavy (non-hydrogen) atoms. The van der Waals surface area contributed by atoms with Crippen molar-refractivity contribution in [2.45, 2.75) is 6.04 Å². The average Bonchev–Trinajstić information content (AvgIpc) is 2.34. The first kappa shape index (κ1) is 14.8. The zero-order valence-corrected chi connectivity index (χ0v) is 11.1. The molecule has 0 fully saturated rings. The molecule has 1 aromatic rings. The van der Waals surface area contributed by atoms with Crippen molar-refractivity contribution in [2.75, 3.05) is 13.7 Å². The van der Waals surface area contributed by atoms with Crippen molar-refractivity contribution in [3.8, 4) is 0 Å². The molecule has 5 nitrogen and oxygen atoms in total. The van der Waals surface area contributed by atoms with E-state index in [0.717, 1.165) is 0 Å². The van der Waals surface area contributed by atoms with Gasteiger partial charge in [0.2, 0.25) is 0 Å². The van der Waals surface area contributed by atoms with Crippen molar-refractivity contribution in [1.29, 1.82) is 0 Å². The van der Waals surface area contributed by atoms with Crippen molar-refractivity contribution in [3.63, 3.8) is 0 Å². The summed E-state index contributed by atoms with van der Waals surface area (Å²) in [5.41, 5.74) is 5.47. The summed E-state index contributed by atoms with van der Waals surface area (Å²) in [6.07, 6.45) is 0. The summed E-state index contributed by atoms with van der Waals surface area (Å²) in [5.74, 6) is -1.21. The van der Waals surface area contributed by atoms with Gasteiger partial charge in [0.05, 0.1) is 22.7 Å². The van der Waals surface area contributed by atoms with Crippen LogP contribution in [0, 0.1) is 0 Å². The largest absolute Gasteiger partial charge is 0.467 e. The summed E-state index contributed by atoms with van der Waals surface area (Å²) < 4.78 is 4.50. The molecule has 0 unspecified atom stereocenters. The first-order chi connectivity index (χ1) is 8.51. The minimum absolute atomic E-state index is 0.0829. The molecule has 1 amide bonds. The van der Waals surface area contributed by atoms with Crippen LogP contribution in [0.5, 0.6) is 0 Å². The van der Waals surface area contributed by atoms with E-state index < -0.39 is 17.9 Å². The lowest BCUT2D eigenvalue weighted by Gasteiger charge is -2.15. The molecule has 7 heteroatoms. The average molecular weight is 291 g/mol. The van der Waals surface area contributed by atoms with Crippen molar-refractivity contribution < 1.29 is 14.3 Å². The van der Waals surface area contributed by atoms with Gasteiger partial charge in [-0.25, -0.2) is 4.79 Å². The van der Waals surface area contributed by atoms with Gasteiger partial charge >= 0.3 is 5.97 Å². The van der Waals surface area contributed by atoms with Gasteiger partial charge in [0.25, 0.3) is 5.91 Å². The topological polar surface area (TPSA) is 81.4 Å². The summed E-state index contributed by atoms with van der Waals surface area (Å²) >= 11 is 11.7. The molecule has 0 heterocycles. The number of halogens is 2. The van der Waals surface area contributed by atoms with Crippen LogP contribution in [0.3, 0.4) is 0 Å². The van der Waals surface area contributed by atoms with E-state index in [0.29, 0.717) is 0 Å². The summed E-state index contributed by atoms with van der Waals surface area (Å²) in [4.78, 5) is 23.2. The van der Waals surface area contributed by atoms with Gasteiger partial charge in [-0.3, -0.25) is 4.79 Å². The normalized spacial score (nSPS) is 11.8. The van der Waals surface area contributed by atoms with Crippen LogP contribution in [0.2, 0.25) is 10.0 Å². The number of rotatable bonds is 4. The molecular weight excluding hydrogens is 279 g/mol. The van der Waals surface area contributed by atoms with Crippen LogP contribution >= 0.6 is 23.2 Å². The van der Waals surface area contributed by atoms with E-state index in [4.69, 9.17) is 28.9 Å². The minimum Gasteiger partial charge on any atom is -0.467 e. The highest BCUT2D eigenvalue weighted by atomic mass is 35.5. The van der Waals surface area contributed by atoms with Crippen LogP contribution in [0.15, 0.2) is 18.2 Å². The number of nitrogens with two attached hydrogens (primary N) is 1. The van der Waals surface area contributed by atoms with Crippen molar-refractivity contribution in [2.24, 2.45) is 5.73 Å². The van der Waals surface area contributed by atoms with Crippen LogP contribution in [0.25, 0.3) is 0 Å². The molecule has 0 saturated carbocycles. The Kier molecular flexibility index (Phi) is 5.40. The molecule has 98 valence electrons. The summed E-state index contributed by atoms with van der Waals surface area (Å²) in [6, 6.07) is 3.73. The second-order valence-corrected chi connectivity index (χ2v) is 4.20. The number of ether oxygens (including phenoxy) is 1. The van der Waals surface area contributed by atoms with E-state index in [1.54, 1.807) is 6.07 Å². The van der Waals surface area contributed by atoms with E-state index in [1.165, 1.54) is 19.2 Å².